The Hall–Kier alpha value is -2.01. The molecule has 2 heterocycles. The van der Waals surface area contributed by atoms with Gasteiger partial charge in [-0.05, 0) is 32.9 Å². The molecule has 102 valence electrons. The molecule has 0 atom stereocenters. The number of hydrogen-bond acceptors (Lipinski definition) is 3. The number of aromatic nitrogens is 4. The lowest BCUT2D eigenvalue weighted by Crippen LogP contribution is -2.01. The zero-order valence-corrected chi connectivity index (χ0v) is 12.0. The van der Waals surface area contributed by atoms with Gasteiger partial charge >= 0.3 is 0 Å². The molecule has 0 bridgehead atoms. The highest BCUT2D eigenvalue weighted by atomic mass is 35.5. The summed E-state index contributed by atoms with van der Waals surface area (Å²) in [5, 5.41) is 8.36. The number of halogens is 2. The first kappa shape index (κ1) is 13.0. The molecule has 0 aliphatic rings. The Morgan fingerprint density at radius 2 is 1.90 bits per heavy atom. The summed E-state index contributed by atoms with van der Waals surface area (Å²) in [7, 11) is 0. The minimum Gasteiger partial charge on any atom is -0.275 e. The Kier molecular flexibility index (Phi) is 2.94. The second kappa shape index (κ2) is 4.52. The number of rotatable bonds is 1. The first-order valence-electron chi connectivity index (χ1n) is 6.13. The average molecular weight is 291 g/mol. The van der Waals surface area contributed by atoms with Crippen LogP contribution >= 0.6 is 11.6 Å². The minimum absolute atomic E-state index is 0.264. The van der Waals surface area contributed by atoms with Crippen LogP contribution in [0.2, 0.25) is 5.15 Å². The predicted molar refractivity (Wildman–Crippen MR) is 75.4 cm³/mol. The standard InChI is InChI=1S/C14H12ClFN4/c1-7-4-5-11(16)10(6-7)13-18-19-14-12(15)17-8(2)9(3)20(13)14/h4-6H,1-3H3. The van der Waals surface area contributed by atoms with E-state index in [0.29, 0.717) is 17.0 Å². The summed E-state index contributed by atoms with van der Waals surface area (Å²) in [6.07, 6.45) is 0. The highest BCUT2D eigenvalue weighted by Gasteiger charge is 2.17. The molecule has 1 aromatic carbocycles. The van der Waals surface area contributed by atoms with Crippen molar-refractivity contribution in [1.82, 2.24) is 19.6 Å². The molecular formula is C14H12ClFN4. The van der Waals surface area contributed by atoms with Gasteiger partial charge in [-0.25, -0.2) is 9.37 Å². The molecule has 0 amide bonds. The fourth-order valence-corrected chi connectivity index (χ4v) is 2.41. The van der Waals surface area contributed by atoms with E-state index in [-0.39, 0.29) is 11.0 Å². The molecule has 0 spiro atoms. The third kappa shape index (κ3) is 1.86. The number of nitrogens with zero attached hydrogens (tertiary/aromatic N) is 4. The van der Waals surface area contributed by atoms with E-state index in [0.717, 1.165) is 17.0 Å². The SMILES string of the molecule is Cc1ccc(F)c(-c2nnc3c(Cl)nc(C)c(C)n23)c1. The Balaban J connectivity index is 2.41. The van der Waals surface area contributed by atoms with Crippen molar-refractivity contribution in [3.05, 3.63) is 46.1 Å². The van der Waals surface area contributed by atoms with Crippen LogP contribution in [-0.2, 0) is 0 Å². The van der Waals surface area contributed by atoms with Gasteiger partial charge in [-0.15, -0.1) is 10.2 Å². The van der Waals surface area contributed by atoms with Crippen molar-refractivity contribution in [2.75, 3.05) is 0 Å². The van der Waals surface area contributed by atoms with E-state index in [1.807, 2.05) is 20.8 Å². The van der Waals surface area contributed by atoms with Crippen molar-refractivity contribution in [1.29, 1.82) is 0 Å². The fourth-order valence-electron chi connectivity index (χ4n) is 2.16. The number of fused-ring (bicyclic) bond motifs is 1. The van der Waals surface area contributed by atoms with Crippen LogP contribution in [0.1, 0.15) is 17.0 Å². The molecule has 0 saturated heterocycles. The summed E-state index contributed by atoms with van der Waals surface area (Å²) >= 11 is 6.08. The molecule has 0 saturated carbocycles. The van der Waals surface area contributed by atoms with E-state index in [2.05, 4.69) is 15.2 Å². The molecule has 0 radical (unpaired) electrons. The van der Waals surface area contributed by atoms with Crippen molar-refractivity contribution in [2.24, 2.45) is 0 Å². The monoisotopic (exact) mass is 290 g/mol. The van der Waals surface area contributed by atoms with Gasteiger partial charge < -0.3 is 0 Å². The molecule has 20 heavy (non-hydrogen) atoms. The van der Waals surface area contributed by atoms with Gasteiger partial charge in [0, 0.05) is 5.69 Å². The van der Waals surface area contributed by atoms with Crippen LogP contribution in [0.15, 0.2) is 18.2 Å². The molecule has 3 rings (SSSR count). The van der Waals surface area contributed by atoms with Crippen LogP contribution < -0.4 is 0 Å². The molecule has 0 N–H and O–H groups in total. The number of benzene rings is 1. The summed E-state index contributed by atoms with van der Waals surface area (Å²) in [6, 6.07) is 4.89. The molecule has 3 aromatic rings. The number of aryl methyl sites for hydroxylation is 3. The first-order chi connectivity index (χ1) is 9.49. The van der Waals surface area contributed by atoms with Gasteiger partial charge in [0.15, 0.2) is 16.6 Å². The average Bonchev–Trinajstić information content (AvgIpc) is 2.84. The molecule has 4 nitrogen and oxygen atoms in total. The summed E-state index contributed by atoms with van der Waals surface area (Å²) in [6.45, 7) is 5.63. The van der Waals surface area contributed by atoms with Gasteiger partial charge in [0.05, 0.1) is 11.3 Å². The van der Waals surface area contributed by atoms with Crippen molar-refractivity contribution in [3.63, 3.8) is 0 Å². The summed E-state index contributed by atoms with van der Waals surface area (Å²) in [5.74, 6) is 0.0981. The van der Waals surface area contributed by atoms with Gasteiger partial charge in [0.25, 0.3) is 0 Å². The van der Waals surface area contributed by atoms with Crippen LogP contribution in [-0.4, -0.2) is 19.6 Å². The molecule has 2 aromatic heterocycles. The topological polar surface area (TPSA) is 43.1 Å². The lowest BCUT2D eigenvalue weighted by Gasteiger charge is -2.08. The van der Waals surface area contributed by atoms with Crippen LogP contribution in [0.4, 0.5) is 4.39 Å². The van der Waals surface area contributed by atoms with Crippen molar-refractivity contribution in [2.45, 2.75) is 20.8 Å². The lowest BCUT2D eigenvalue weighted by molar-refractivity contribution is 0.629. The van der Waals surface area contributed by atoms with Gasteiger partial charge in [0.1, 0.15) is 5.82 Å². The smallest absolute Gasteiger partial charge is 0.199 e. The Morgan fingerprint density at radius 1 is 1.15 bits per heavy atom. The maximum Gasteiger partial charge on any atom is 0.199 e. The van der Waals surface area contributed by atoms with Crippen LogP contribution in [0.25, 0.3) is 17.0 Å². The third-order valence-corrected chi connectivity index (χ3v) is 3.59. The quantitative estimate of drug-likeness (QED) is 0.689. The van der Waals surface area contributed by atoms with Gasteiger partial charge in [-0.1, -0.05) is 23.2 Å². The maximum absolute atomic E-state index is 14.1. The molecular weight excluding hydrogens is 279 g/mol. The molecule has 0 aliphatic carbocycles. The first-order valence-corrected chi connectivity index (χ1v) is 6.51. The predicted octanol–water partition coefficient (Wildman–Crippen LogP) is 3.51. The zero-order chi connectivity index (χ0) is 14.4. The summed E-state index contributed by atoms with van der Waals surface area (Å²) in [5.41, 5.74) is 3.39. The Morgan fingerprint density at radius 3 is 2.65 bits per heavy atom. The molecule has 6 heteroatoms. The second-order valence-corrected chi connectivity index (χ2v) is 5.10. The summed E-state index contributed by atoms with van der Waals surface area (Å²) in [4.78, 5) is 4.20. The lowest BCUT2D eigenvalue weighted by atomic mass is 10.1. The highest BCUT2D eigenvalue weighted by Crippen LogP contribution is 2.26. The van der Waals surface area contributed by atoms with Gasteiger partial charge in [-0.3, -0.25) is 4.40 Å². The van der Waals surface area contributed by atoms with Crippen molar-refractivity contribution >= 4 is 17.2 Å². The normalized spacial score (nSPS) is 11.2. The van der Waals surface area contributed by atoms with E-state index in [9.17, 15) is 4.39 Å². The zero-order valence-electron chi connectivity index (χ0n) is 11.3. The van der Waals surface area contributed by atoms with Crippen molar-refractivity contribution < 1.29 is 4.39 Å². The van der Waals surface area contributed by atoms with Crippen LogP contribution in [0.3, 0.4) is 0 Å². The van der Waals surface area contributed by atoms with Crippen molar-refractivity contribution in [3.8, 4) is 11.4 Å². The Bertz CT molecular complexity index is 826. The Labute approximate surface area is 120 Å². The summed E-state index contributed by atoms with van der Waals surface area (Å²) < 4.78 is 15.8. The molecule has 0 fully saturated rings. The van der Waals surface area contributed by atoms with E-state index in [1.165, 1.54) is 6.07 Å². The van der Waals surface area contributed by atoms with E-state index in [1.54, 1.807) is 16.5 Å². The molecule has 0 aliphatic heterocycles. The van der Waals surface area contributed by atoms with E-state index >= 15 is 0 Å². The highest BCUT2D eigenvalue weighted by molar-refractivity contribution is 6.32. The van der Waals surface area contributed by atoms with Gasteiger partial charge in [-0.2, -0.15) is 0 Å². The van der Waals surface area contributed by atoms with Crippen LogP contribution in [0, 0.1) is 26.6 Å². The van der Waals surface area contributed by atoms with E-state index in [4.69, 9.17) is 11.6 Å². The molecule has 0 unspecified atom stereocenters. The largest absolute Gasteiger partial charge is 0.275 e. The third-order valence-electron chi connectivity index (χ3n) is 3.34. The van der Waals surface area contributed by atoms with Gasteiger partial charge in [0.2, 0.25) is 0 Å². The van der Waals surface area contributed by atoms with Crippen LogP contribution in [0.5, 0.6) is 0 Å². The fraction of sp³-hybridized carbons (Fsp3) is 0.214. The maximum atomic E-state index is 14.1. The second-order valence-electron chi connectivity index (χ2n) is 4.74. The minimum atomic E-state index is -0.338. The van der Waals surface area contributed by atoms with E-state index < -0.39 is 0 Å². The number of hydrogen-bond donors (Lipinski definition) is 0.